The van der Waals surface area contributed by atoms with Crippen molar-refractivity contribution in [2.45, 2.75) is 20.0 Å². The van der Waals surface area contributed by atoms with Crippen LogP contribution < -0.4 is 10.6 Å². The summed E-state index contributed by atoms with van der Waals surface area (Å²) in [5.41, 5.74) is 3.18. The van der Waals surface area contributed by atoms with Crippen molar-refractivity contribution in [2.75, 3.05) is 11.9 Å². The van der Waals surface area contributed by atoms with Crippen LogP contribution in [0, 0.1) is 19.7 Å². The molecular weight excluding hydrogens is 347 g/mol. The standard InChI is InChI=1S/C20H21FN4O2/c1-13-5-3-4-6-17(13)25-19(11-14(2)24-25)23-20(27)22-12-18(26)15-7-9-16(21)10-8-15/h3-11,18,26H,12H2,1-2H3,(H2,22,23,27)/t18-/m0/s1. The van der Waals surface area contributed by atoms with Crippen molar-refractivity contribution in [1.29, 1.82) is 0 Å². The van der Waals surface area contributed by atoms with E-state index in [4.69, 9.17) is 0 Å². The third-order valence-electron chi connectivity index (χ3n) is 4.13. The molecule has 1 heterocycles. The number of para-hydroxylation sites is 1. The third-order valence-corrected chi connectivity index (χ3v) is 4.13. The molecule has 0 aliphatic heterocycles. The van der Waals surface area contributed by atoms with Gasteiger partial charge in [-0.1, -0.05) is 30.3 Å². The molecule has 1 aromatic heterocycles. The van der Waals surface area contributed by atoms with Crippen LogP contribution in [0.4, 0.5) is 15.0 Å². The quantitative estimate of drug-likeness (QED) is 0.645. The first-order valence-electron chi connectivity index (χ1n) is 8.55. The van der Waals surface area contributed by atoms with Crippen molar-refractivity contribution in [3.8, 4) is 5.69 Å². The largest absolute Gasteiger partial charge is 0.387 e. The molecule has 2 amide bonds. The fourth-order valence-electron chi connectivity index (χ4n) is 2.73. The fraction of sp³-hybridized carbons (Fsp3) is 0.200. The van der Waals surface area contributed by atoms with Crippen LogP contribution in [0.5, 0.6) is 0 Å². The molecule has 6 nitrogen and oxygen atoms in total. The van der Waals surface area contributed by atoms with E-state index in [-0.39, 0.29) is 12.4 Å². The first kappa shape index (κ1) is 18.6. The summed E-state index contributed by atoms with van der Waals surface area (Å²) >= 11 is 0. The smallest absolute Gasteiger partial charge is 0.320 e. The minimum absolute atomic E-state index is 0.00501. The van der Waals surface area contributed by atoms with Gasteiger partial charge in [0.25, 0.3) is 0 Å². The molecule has 140 valence electrons. The number of aliphatic hydroxyl groups is 1. The SMILES string of the molecule is Cc1cc(NC(=O)NC[C@H](O)c2ccc(F)cc2)n(-c2ccccc2C)n1. The lowest BCUT2D eigenvalue weighted by atomic mass is 10.1. The van der Waals surface area contributed by atoms with E-state index in [0.717, 1.165) is 16.9 Å². The van der Waals surface area contributed by atoms with E-state index in [1.165, 1.54) is 24.3 Å². The van der Waals surface area contributed by atoms with Gasteiger partial charge in [-0.05, 0) is 43.2 Å². The summed E-state index contributed by atoms with van der Waals surface area (Å²) in [7, 11) is 0. The summed E-state index contributed by atoms with van der Waals surface area (Å²) in [4.78, 5) is 12.2. The second-order valence-electron chi connectivity index (χ2n) is 6.27. The highest BCUT2D eigenvalue weighted by atomic mass is 19.1. The van der Waals surface area contributed by atoms with Gasteiger partial charge in [-0.25, -0.2) is 13.9 Å². The van der Waals surface area contributed by atoms with Crippen LogP contribution in [-0.4, -0.2) is 27.5 Å². The molecule has 3 aromatic rings. The molecule has 0 fully saturated rings. The van der Waals surface area contributed by atoms with Gasteiger partial charge in [0.2, 0.25) is 0 Å². The number of carbonyl (C=O) groups excluding carboxylic acids is 1. The zero-order chi connectivity index (χ0) is 19.4. The lowest BCUT2D eigenvalue weighted by molar-refractivity contribution is 0.175. The van der Waals surface area contributed by atoms with Crippen LogP contribution in [0.3, 0.4) is 0 Å². The highest BCUT2D eigenvalue weighted by molar-refractivity contribution is 5.88. The maximum Gasteiger partial charge on any atom is 0.320 e. The predicted molar refractivity (Wildman–Crippen MR) is 101 cm³/mol. The van der Waals surface area contributed by atoms with Crippen molar-refractivity contribution in [2.24, 2.45) is 0 Å². The summed E-state index contributed by atoms with van der Waals surface area (Å²) < 4.78 is 14.6. The Bertz CT molecular complexity index is 937. The first-order chi connectivity index (χ1) is 12.9. The van der Waals surface area contributed by atoms with Crippen LogP contribution in [0.2, 0.25) is 0 Å². The van der Waals surface area contributed by atoms with Crippen LogP contribution in [0.1, 0.15) is 22.9 Å². The van der Waals surface area contributed by atoms with Gasteiger partial charge < -0.3 is 10.4 Å². The average molecular weight is 368 g/mol. The second kappa shape index (κ2) is 8.01. The zero-order valence-electron chi connectivity index (χ0n) is 15.1. The number of aromatic nitrogens is 2. The number of hydrogen-bond acceptors (Lipinski definition) is 3. The summed E-state index contributed by atoms with van der Waals surface area (Å²) in [6, 6.07) is 14.5. The Morgan fingerprint density at radius 1 is 1.19 bits per heavy atom. The Labute approximate surface area is 156 Å². The van der Waals surface area contributed by atoms with E-state index < -0.39 is 12.1 Å². The second-order valence-corrected chi connectivity index (χ2v) is 6.27. The Kier molecular flexibility index (Phi) is 5.52. The van der Waals surface area contributed by atoms with Crippen molar-refractivity contribution in [3.63, 3.8) is 0 Å². The van der Waals surface area contributed by atoms with Crippen LogP contribution in [0.15, 0.2) is 54.6 Å². The normalized spacial score (nSPS) is 11.9. The van der Waals surface area contributed by atoms with E-state index in [1.54, 1.807) is 10.7 Å². The van der Waals surface area contributed by atoms with Crippen LogP contribution in [-0.2, 0) is 0 Å². The highest BCUT2D eigenvalue weighted by Gasteiger charge is 2.14. The maximum atomic E-state index is 12.9. The van der Waals surface area contributed by atoms with Crippen molar-refractivity contribution >= 4 is 11.8 Å². The predicted octanol–water partition coefficient (Wildman–Crippen LogP) is 3.48. The molecule has 0 spiro atoms. The average Bonchev–Trinajstić information content (AvgIpc) is 3.00. The first-order valence-corrected chi connectivity index (χ1v) is 8.55. The molecule has 0 unspecified atom stereocenters. The van der Waals surface area contributed by atoms with Gasteiger partial charge in [0.05, 0.1) is 17.5 Å². The molecule has 3 rings (SSSR count). The number of aryl methyl sites for hydroxylation is 2. The van der Waals surface area contributed by atoms with Gasteiger partial charge in [0.1, 0.15) is 11.6 Å². The number of anilines is 1. The number of aliphatic hydroxyl groups excluding tert-OH is 1. The number of amides is 2. The monoisotopic (exact) mass is 368 g/mol. The lowest BCUT2D eigenvalue weighted by Crippen LogP contribution is -2.33. The molecule has 0 aliphatic rings. The zero-order valence-corrected chi connectivity index (χ0v) is 15.1. The molecule has 0 aliphatic carbocycles. The number of halogens is 1. The number of nitrogens with zero attached hydrogens (tertiary/aromatic N) is 2. The Morgan fingerprint density at radius 2 is 1.89 bits per heavy atom. The molecule has 7 heteroatoms. The summed E-state index contributed by atoms with van der Waals surface area (Å²) in [6.45, 7) is 3.81. The number of benzene rings is 2. The third kappa shape index (κ3) is 4.51. The van der Waals surface area contributed by atoms with Gasteiger partial charge in [0.15, 0.2) is 0 Å². The van der Waals surface area contributed by atoms with Crippen molar-refractivity contribution < 1.29 is 14.3 Å². The summed E-state index contributed by atoms with van der Waals surface area (Å²) in [5, 5.41) is 19.9. The fourth-order valence-corrected chi connectivity index (χ4v) is 2.73. The number of urea groups is 1. The number of rotatable bonds is 5. The lowest BCUT2D eigenvalue weighted by Gasteiger charge is -2.14. The van der Waals surface area contributed by atoms with Gasteiger partial charge in [-0.2, -0.15) is 5.10 Å². The maximum absolute atomic E-state index is 12.9. The molecular formula is C20H21FN4O2. The summed E-state index contributed by atoms with van der Waals surface area (Å²) in [6.07, 6.45) is -0.931. The molecule has 0 bridgehead atoms. The van der Waals surface area contributed by atoms with E-state index in [9.17, 15) is 14.3 Å². The van der Waals surface area contributed by atoms with Crippen molar-refractivity contribution in [3.05, 3.63) is 77.2 Å². The van der Waals surface area contributed by atoms with E-state index in [1.807, 2.05) is 38.1 Å². The Balaban J connectivity index is 1.66. The molecule has 0 saturated heterocycles. The molecule has 27 heavy (non-hydrogen) atoms. The minimum Gasteiger partial charge on any atom is -0.387 e. The number of carbonyl (C=O) groups is 1. The number of hydrogen-bond donors (Lipinski definition) is 3. The molecule has 0 saturated carbocycles. The van der Waals surface area contributed by atoms with Gasteiger partial charge in [0, 0.05) is 12.6 Å². The van der Waals surface area contributed by atoms with Crippen molar-refractivity contribution in [1.82, 2.24) is 15.1 Å². The highest BCUT2D eigenvalue weighted by Crippen LogP contribution is 2.20. The van der Waals surface area contributed by atoms with Gasteiger partial charge in [-0.15, -0.1) is 0 Å². The topological polar surface area (TPSA) is 79.2 Å². The van der Waals surface area contributed by atoms with E-state index in [0.29, 0.717) is 11.4 Å². The van der Waals surface area contributed by atoms with Gasteiger partial charge >= 0.3 is 6.03 Å². The molecule has 1 atom stereocenters. The number of nitrogens with one attached hydrogen (secondary N) is 2. The molecule has 3 N–H and O–H groups in total. The van der Waals surface area contributed by atoms with E-state index in [2.05, 4.69) is 15.7 Å². The summed E-state index contributed by atoms with van der Waals surface area (Å²) in [5.74, 6) is 0.145. The van der Waals surface area contributed by atoms with E-state index >= 15 is 0 Å². The molecule has 0 radical (unpaired) electrons. The molecule has 2 aromatic carbocycles. The minimum atomic E-state index is -0.931. The van der Waals surface area contributed by atoms with Gasteiger partial charge in [-0.3, -0.25) is 5.32 Å². The van der Waals surface area contributed by atoms with Crippen LogP contribution >= 0.6 is 0 Å². The Hall–Kier alpha value is -3.19. The Morgan fingerprint density at radius 3 is 2.59 bits per heavy atom. The van der Waals surface area contributed by atoms with Crippen LogP contribution in [0.25, 0.3) is 5.69 Å².